The maximum absolute atomic E-state index is 8.20. The lowest BCUT2D eigenvalue weighted by molar-refractivity contribution is 0.316. The van der Waals surface area contributed by atoms with Gasteiger partial charge in [-0.25, -0.2) is 0 Å². The standard InChI is InChI=1S/C7H17N3O/c1-10(2)6-4-3-5-7(8)9-11/h11H,3-6H2,1-2H3,(H2,8,9). The van der Waals surface area contributed by atoms with Gasteiger partial charge in [-0.3, -0.25) is 0 Å². The zero-order chi connectivity index (χ0) is 8.69. The molecule has 0 bridgehead atoms. The Morgan fingerprint density at radius 1 is 1.45 bits per heavy atom. The van der Waals surface area contributed by atoms with E-state index < -0.39 is 0 Å². The Bertz CT molecular complexity index is 123. The second kappa shape index (κ2) is 5.97. The zero-order valence-electron chi connectivity index (χ0n) is 7.25. The molecule has 66 valence electrons. The number of hydrogen-bond donors (Lipinski definition) is 2. The zero-order valence-corrected chi connectivity index (χ0v) is 7.25. The Kier molecular flexibility index (Phi) is 5.56. The van der Waals surface area contributed by atoms with E-state index in [9.17, 15) is 0 Å². The summed E-state index contributed by atoms with van der Waals surface area (Å²) < 4.78 is 0. The molecule has 0 aromatic rings. The monoisotopic (exact) mass is 159 g/mol. The highest BCUT2D eigenvalue weighted by Crippen LogP contribution is 1.95. The molecule has 0 spiro atoms. The number of rotatable bonds is 5. The molecule has 0 aromatic carbocycles. The van der Waals surface area contributed by atoms with E-state index >= 15 is 0 Å². The predicted octanol–water partition coefficient (Wildman–Crippen LogP) is 0.465. The minimum atomic E-state index is 0.323. The summed E-state index contributed by atoms with van der Waals surface area (Å²) in [5, 5.41) is 11.1. The molecule has 0 saturated heterocycles. The van der Waals surface area contributed by atoms with Crippen LogP contribution in [0.2, 0.25) is 0 Å². The van der Waals surface area contributed by atoms with Gasteiger partial charge in [-0.15, -0.1) is 0 Å². The Hall–Kier alpha value is -0.770. The molecule has 11 heavy (non-hydrogen) atoms. The lowest BCUT2D eigenvalue weighted by Gasteiger charge is -2.07. The summed E-state index contributed by atoms with van der Waals surface area (Å²) in [4.78, 5) is 2.12. The van der Waals surface area contributed by atoms with Crippen LogP contribution in [0.3, 0.4) is 0 Å². The third-order valence-electron chi connectivity index (χ3n) is 1.42. The lowest BCUT2D eigenvalue weighted by atomic mass is 10.2. The van der Waals surface area contributed by atoms with Crippen LogP contribution < -0.4 is 5.73 Å². The van der Waals surface area contributed by atoms with E-state index in [0.717, 1.165) is 19.4 Å². The van der Waals surface area contributed by atoms with Gasteiger partial charge in [0, 0.05) is 6.42 Å². The van der Waals surface area contributed by atoms with Gasteiger partial charge in [-0.05, 0) is 33.5 Å². The number of hydrogen-bond acceptors (Lipinski definition) is 3. The van der Waals surface area contributed by atoms with Gasteiger partial charge < -0.3 is 15.8 Å². The predicted molar refractivity (Wildman–Crippen MR) is 45.8 cm³/mol. The highest BCUT2D eigenvalue weighted by molar-refractivity contribution is 5.79. The van der Waals surface area contributed by atoms with Crippen molar-refractivity contribution in [1.29, 1.82) is 0 Å². The molecule has 0 amide bonds. The number of oxime groups is 1. The first-order valence-corrected chi connectivity index (χ1v) is 3.78. The van der Waals surface area contributed by atoms with Gasteiger partial charge in [0.15, 0.2) is 0 Å². The van der Waals surface area contributed by atoms with Gasteiger partial charge in [-0.1, -0.05) is 5.16 Å². The van der Waals surface area contributed by atoms with E-state index in [4.69, 9.17) is 10.9 Å². The Morgan fingerprint density at radius 3 is 2.55 bits per heavy atom. The van der Waals surface area contributed by atoms with Crippen molar-refractivity contribution in [3.63, 3.8) is 0 Å². The van der Waals surface area contributed by atoms with E-state index in [1.165, 1.54) is 0 Å². The molecule has 0 aliphatic rings. The first-order chi connectivity index (χ1) is 5.16. The number of nitrogens with two attached hydrogens (primary N) is 1. The minimum Gasteiger partial charge on any atom is -0.409 e. The molecular formula is C7H17N3O. The van der Waals surface area contributed by atoms with Crippen LogP contribution in [0.25, 0.3) is 0 Å². The summed E-state index contributed by atoms with van der Waals surface area (Å²) >= 11 is 0. The number of unbranched alkanes of at least 4 members (excludes halogenated alkanes) is 1. The molecule has 0 aliphatic heterocycles. The van der Waals surface area contributed by atoms with Gasteiger partial charge in [0.05, 0.1) is 0 Å². The molecule has 0 unspecified atom stereocenters. The quantitative estimate of drug-likeness (QED) is 0.201. The van der Waals surface area contributed by atoms with Gasteiger partial charge in [0.2, 0.25) is 0 Å². The number of nitrogens with zero attached hydrogens (tertiary/aromatic N) is 2. The Morgan fingerprint density at radius 2 is 2.09 bits per heavy atom. The van der Waals surface area contributed by atoms with Gasteiger partial charge >= 0.3 is 0 Å². The van der Waals surface area contributed by atoms with Crippen LogP contribution in [0.5, 0.6) is 0 Å². The van der Waals surface area contributed by atoms with Crippen molar-refractivity contribution in [2.24, 2.45) is 10.9 Å². The normalized spacial score (nSPS) is 12.5. The average molecular weight is 159 g/mol. The van der Waals surface area contributed by atoms with Crippen molar-refractivity contribution in [2.75, 3.05) is 20.6 Å². The fourth-order valence-electron chi connectivity index (χ4n) is 0.784. The summed E-state index contributed by atoms with van der Waals surface area (Å²) in [5.41, 5.74) is 5.28. The molecule has 0 rings (SSSR count). The largest absolute Gasteiger partial charge is 0.409 e. The van der Waals surface area contributed by atoms with Crippen molar-refractivity contribution >= 4 is 5.84 Å². The molecule has 0 aromatic heterocycles. The maximum atomic E-state index is 8.20. The van der Waals surface area contributed by atoms with Crippen molar-refractivity contribution in [2.45, 2.75) is 19.3 Å². The summed E-state index contributed by atoms with van der Waals surface area (Å²) in [6.45, 7) is 1.05. The second-order valence-corrected chi connectivity index (χ2v) is 2.85. The van der Waals surface area contributed by atoms with Crippen molar-refractivity contribution < 1.29 is 5.21 Å². The highest BCUT2D eigenvalue weighted by atomic mass is 16.4. The van der Waals surface area contributed by atoms with Crippen LogP contribution in [0.15, 0.2) is 5.16 Å². The first-order valence-electron chi connectivity index (χ1n) is 3.78. The van der Waals surface area contributed by atoms with Crippen LogP contribution in [0.1, 0.15) is 19.3 Å². The fourth-order valence-corrected chi connectivity index (χ4v) is 0.784. The topological polar surface area (TPSA) is 61.8 Å². The van der Waals surface area contributed by atoms with Crippen molar-refractivity contribution in [3.8, 4) is 0 Å². The summed E-state index contributed by atoms with van der Waals surface area (Å²) in [7, 11) is 4.06. The summed E-state index contributed by atoms with van der Waals surface area (Å²) in [6.07, 6.45) is 2.75. The van der Waals surface area contributed by atoms with Crippen LogP contribution in [0.4, 0.5) is 0 Å². The average Bonchev–Trinajstić information content (AvgIpc) is 1.97. The van der Waals surface area contributed by atoms with E-state index in [1.807, 2.05) is 14.1 Å². The molecule has 0 saturated carbocycles. The lowest BCUT2D eigenvalue weighted by Crippen LogP contribution is -2.15. The van der Waals surface area contributed by atoms with Crippen LogP contribution in [0, 0.1) is 0 Å². The smallest absolute Gasteiger partial charge is 0.139 e. The molecule has 0 aliphatic carbocycles. The molecule has 0 fully saturated rings. The SMILES string of the molecule is CN(C)CCCC/C(N)=N/O. The molecule has 0 atom stereocenters. The first kappa shape index (κ1) is 10.2. The number of amidine groups is 1. The third-order valence-corrected chi connectivity index (χ3v) is 1.42. The van der Waals surface area contributed by atoms with Gasteiger partial charge in [0.1, 0.15) is 5.84 Å². The van der Waals surface area contributed by atoms with E-state index in [1.54, 1.807) is 0 Å². The van der Waals surface area contributed by atoms with E-state index in [2.05, 4.69) is 10.1 Å². The Balaban J connectivity index is 3.15. The minimum absolute atomic E-state index is 0.323. The summed E-state index contributed by atoms with van der Waals surface area (Å²) in [5.74, 6) is 0.323. The third kappa shape index (κ3) is 7.12. The molecular weight excluding hydrogens is 142 g/mol. The van der Waals surface area contributed by atoms with Crippen LogP contribution in [-0.2, 0) is 0 Å². The second-order valence-electron chi connectivity index (χ2n) is 2.85. The molecule has 4 heteroatoms. The van der Waals surface area contributed by atoms with Crippen LogP contribution >= 0.6 is 0 Å². The Labute approximate surface area is 67.7 Å². The van der Waals surface area contributed by atoms with Crippen molar-refractivity contribution in [3.05, 3.63) is 0 Å². The molecule has 0 heterocycles. The maximum Gasteiger partial charge on any atom is 0.139 e. The van der Waals surface area contributed by atoms with Gasteiger partial charge in [-0.2, -0.15) is 0 Å². The van der Waals surface area contributed by atoms with Crippen LogP contribution in [-0.4, -0.2) is 36.6 Å². The molecule has 3 N–H and O–H groups in total. The van der Waals surface area contributed by atoms with E-state index in [0.29, 0.717) is 12.3 Å². The molecule has 0 radical (unpaired) electrons. The van der Waals surface area contributed by atoms with Gasteiger partial charge in [0.25, 0.3) is 0 Å². The molecule has 4 nitrogen and oxygen atoms in total. The summed E-state index contributed by atoms with van der Waals surface area (Å²) in [6, 6.07) is 0. The fraction of sp³-hybridized carbons (Fsp3) is 0.857. The van der Waals surface area contributed by atoms with E-state index in [-0.39, 0.29) is 0 Å². The highest BCUT2D eigenvalue weighted by Gasteiger charge is 1.94. The van der Waals surface area contributed by atoms with Crippen molar-refractivity contribution in [1.82, 2.24) is 4.90 Å².